The van der Waals surface area contributed by atoms with Crippen LogP contribution in [0.25, 0.3) is 5.76 Å². The molecule has 0 radical (unpaired) electrons. The summed E-state index contributed by atoms with van der Waals surface area (Å²) in [5.74, 6) is -0.483. The minimum absolute atomic E-state index is 0.0100. The predicted octanol–water partition coefficient (Wildman–Crippen LogP) is 4.40. The monoisotopic (exact) mass is 450 g/mol. The van der Waals surface area contributed by atoms with Crippen LogP contribution in [0.15, 0.2) is 54.1 Å². The Hall–Kier alpha value is -3.65. The molecule has 1 aromatic heterocycles. The predicted molar refractivity (Wildman–Crippen MR) is 122 cm³/mol. The molecule has 7 nitrogen and oxygen atoms in total. The molecule has 32 heavy (non-hydrogen) atoms. The Balaban J connectivity index is 1.91. The average Bonchev–Trinajstić information content (AvgIpc) is 3.28. The second-order valence-corrected chi connectivity index (χ2v) is 8.49. The van der Waals surface area contributed by atoms with Gasteiger partial charge in [-0.1, -0.05) is 12.1 Å². The molecular weight excluding hydrogens is 428 g/mol. The first kappa shape index (κ1) is 21.6. The molecule has 1 aliphatic heterocycles. The summed E-state index contributed by atoms with van der Waals surface area (Å²) in [6, 6.07) is 12.9. The molecule has 2 heterocycles. The molecule has 1 N–H and O–H groups in total. The highest BCUT2D eigenvalue weighted by Gasteiger charge is 2.48. The molecule has 0 bridgehead atoms. The van der Waals surface area contributed by atoms with Crippen LogP contribution in [0.1, 0.15) is 27.7 Å². The lowest BCUT2D eigenvalue weighted by atomic mass is 9.95. The zero-order valence-electron chi connectivity index (χ0n) is 18.1. The molecule has 1 aliphatic rings. The van der Waals surface area contributed by atoms with E-state index in [0.717, 1.165) is 10.6 Å². The van der Waals surface area contributed by atoms with Gasteiger partial charge in [0.15, 0.2) is 5.13 Å². The van der Waals surface area contributed by atoms with Crippen LogP contribution < -0.4 is 14.4 Å². The van der Waals surface area contributed by atoms with Crippen LogP contribution in [-0.2, 0) is 9.59 Å². The molecule has 0 aliphatic carbocycles. The number of amides is 1. The van der Waals surface area contributed by atoms with Gasteiger partial charge >= 0.3 is 5.91 Å². The van der Waals surface area contributed by atoms with E-state index in [1.165, 1.54) is 16.2 Å². The molecule has 2 aromatic carbocycles. The Morgan fingerprint density at radius 1 is 0.969 bits per heavy atom. The number of hydrogen-bond acceptors (Lipinski definition) is 7. The minimum Gasteiger partial charge on any atom is -0.507 e. The summed E-state index contributed by atoms with van der Waals surface area (Å²) in [6.07, 6.45) is 0. The van der Waals surface area contributed by atoms with Gasteiger partial charge in [0.25, 0.3) is 5.78 Å². The number of nitrogens with zero attached hydrogens (tertiary/aromatic N) is 2. The lowest BCUT2D eigenvalue weighted by Crippen LogP contribution is -2.29. The number of aliphatic hydroxyl groups excluding tert-OH is 1. The molecule has 4 rings (SSSR count). The van der Waals surface area contributed by atoms with E-state index in [9.17, 15) is 14.7 Å². The zero-order valence-corrected chi connectivity index (χ0v) is 18.9. The highest BCUT2D eigenvalue weighted by atomic mass is 32.1. The normalized spacial score (nSPS) is 17.6. The summed E-state index contributed by atoms with van der Waals surface area (Å²) >= 11 is 1.33. The van der Waals surface area contributed by atoms with Crippen molar-refractivity contribution in [1.29, 1.82) is 0 Å². The molecule has 8 heteroatoms. The number of anilines is 1. The van der Waals surface area contributed by atoms with Gasteiger partial charge in [-0.15, -0.1) is 11.3 Å². The first-order valence-corrected chi connectivity index (χ1v) is 10.7. The van der Waals surface area contributed by atoms with Crippen molar-refractivity contribution in [3.8, 4) is 11.5 Å². The lowest BCUT2D eigenvalue weighted by molar-refractivity contribution is -0.132. The van der Waals surface area contributed by atoms with Gasteiger partial charge in [-0.3, -0.25) is 14.5 Å². The SMILES string of the molecule is COc1ccc(C(O)=C2C(=O)C(=O)N(c3nc(C)c(C)s3)[C@H]2c2ccc(OC)cc2)cc1. The Bertz CT molecular complexity index is 1190. The Labute approximate surface area is 189 Å². The maximum atomic E-state index is 13.1. The molecule has 1 fully saturated rings. The number of ether oxygens (including phenoxy) is 2. The molecular formula is C24H22N2O5S. The van der Waals surface area contributed by atoms with Crippen molar-refractivity contribution in [2.45, 2.75) is 19.9 Å². The number of aryl methyl sites for hydroxylation is 2. The van der Waals surface area contributed by atoms with Gasteiger partial charge in [0.05, 0.1) is 31.5 Å². The van der Waals surface area contributed by atoms with E-state index < -0.39 is 17.7 Å². The van der Waals surface area contributed by atoms with E-state index in [2.05, 4.69) is 4.98 Å². The van der Waals surface area contributed by atoms with Gasteiger partial charge < -0.3 is 14.6 Å². The number of carbonyl (C=O) groups excluding carboxylic acids is 2. The second kappa shape index (κ2) is 8.47. The summed E-state index contributed by atoms with van der Waals surface area (Å²) in [5.41, 5.74) is 1.87. The van der Waals surface area contributed by atoms with Gasteiger partial charge in [0.1, 0.15) is 17.3 Å². The number of aromatic nitrogens is 1. The smallest absolute Gasteiger partial charge is 0.301 e. The van der Waals surface area contributed by atoms with Crippen LogP contribution in [0.4, 0.5) is 5.13 Å². The summed E-state index contributed by atoms with van der Waals surface area (Å²) in [7, 11) is 3.11. The van der Waals surface area contributed by atoms with Gasteiger partial charge in [-0.25, -0.2) is 4.98 Å². The van der Waals surface area contributed by atoms with Gasteiger partial charge in [-0.05, 0) is 55.8 Å². The average molecular weight is 451 g/mol. The number of hydrogen-bond donors (Lipinski definition) is 1. The van der Waals surface area contributed by atoms with Crippen molar-refractivity contribution >= 4 is 33.9 Å². The van der Waals surface area contributed by atoms with E-state index in [1.807, 2.05) is 13.8 Å². The standard InChI is InChI=1S/C24H22N2O5S/c1-13-14(2)32-24(25-13)26-20(15-5-9-17(30-3)10-6-15)19(22(28)23(26)29)21(27)16-7-11-18(31-4)12-8-16/h5-12,20,27H,1-4H3/t20-/m0/s1. The van der Waals surface area contributed by atoms with Crippen molar-refractivity contribution in [2.24, 2.45) is 0 Å². The zero-order chi connectivity index (χ0) is 23.0. The number of ketones is 1. The van der Waals surface area contributed by atoms with E-state index >= 15 is 0 Å². The number of rotatable bonds is 5. The number of methoxy groups -OCH3 is 2. The molecule has 0 saturated carbocycles. The summed E-state index contributed by atoms with van der Waals surface area (Å²) in [5, 5.41) is 11.5. The summed E-state index contributed by atoms with van der Waals surface area (Å²) < 4.78 is 10.4. The van der Waals surface area contributed by atoms with Crippen LogP contribution in [0.3, 0.4) is 0 Å². The number of Topliss-reactive ketones (excluding diaryl/α,β-unsaturated/α-hetero) is 1. The molecule has 164 valence electrons. The van der Waals surface area contributed by atoms with Gasteiger partial charge in [0, 0.05) is 10.4 Å². The Morgan fingerprint density at radius 3 is 2.03 bits per heavy atom. The third kappa shape index (κ3) is 3.62. The van der Waals surface area contributed by atoms with Crippen molar-refractivity contribution in [1.82, 2.24) is 4.98 Å². The first-order valence-electron chi connectivity index (χ1n) is 9.89. The minimum atomic E-state index is -0.826. The van der Waals surface area contributed by atoms with Gasteiger partial charge in [-0.2, -0.15) is 0 Å². The van der Waals surface area contributed by atoms with E-state index in [-0.39, 0.29) is 11.3 Å². The van der Waals surface area contributed by atoms with Crippen molar-refractivity contribution in [3.63, 3.8) is 0 Å². The highest BCUT2D eigenvalue weighted by Crippen LogP contribution is 2.44. The maximum Gasteiger partial charge on any atom is 0.301 e. The Kier molecular flexibility index (Phi) is 5.71. The largest absolute Gasteiger partial charge is 0.507 e. The fourth-order valence-corrected chi connectivity index (χ4v) is 4.53. The van der Waals surface area contributed by atoms with Crippen molar-refractivity contribution in [2.75, 3.05) is 19.1 Å². The molecule has 1 atom stereocenters. The second-order valence-electron chi connectivity index (χ2n) is 7.31. The quantitative estimate of drug-likeness (QED) is 0.352. The molecule has 1 saturated heterocycles. The topological polar surface area (TPSA) is 89.0 Å². The van der Waals surface area contributed by atoms with Crippen LogP contribution in [0.2, 0.25) is 0 Å². The summed E-state index contributed by atoms with van der Waals surface area (Å²) in [4.78, 5) is 33.1. The van der Waals surface area contributed by atoms with Crippen LogP contribution in [-0.4, -0.2) is 36.0 Å². The van der Waals surface area contributed by atoms with E-state index in [4.69, 9.17) is 9.47 Å². The molecule has 0 spiro atoms. The number of carbonyl (C=O) groups is 2. The number of thiazole rings is 1. The van der Waals surface area contributed by atoms with E-state index in [0.29, 0.717) is 27.8 Å². The van der Waals surface area contributed by atoms with Crippen molar-refractivity contribution in [3.05, 3.63) is 75.8 Å². The highest BCUT2D eigenvalue weighted by molar-refractivity contribution is 7.16. The molecule has 0 unspecified atom stereocenters. The third-order valence-corrected chi connectivity index (χ3v) is 6.53. The summed E-state index contributed by atoms with van der Waals surface area (Å²) in [6.45, 7) is 3.76. The number of benzene rings is 2. The van der Waals surface area contributed by atoms with Crippen LogP contribution in [0, 0.1) is 13.8 Å². The third-order valence-electron chi connectivity index (χ3n) is 5.46. The van der Waals surface area contributed by atoms with Crippen molar-refractivity contribution < 1.29 is 24.2 Å². The Morgan fingerprint density at radius 2 is 1.53 bits per heavy atom. The fourth-order valence-electron chi connectivity index (χ4n) is 3.59. The fraction of sp³-hybridized carbons (Fsp3) is 0.208. The molecule has 1 amide bonds. The van der Waals surface area contributed by atoms with E-state index in [1.54, 1.807) is 62.8 Å². The van der Waals surface area contributed by atoms with Gasteiger partial charge in [0.2, 0.25) is 0 Å². The lowest BCUT2D eigenvalue weighted by Gasteiger charge is -2.23. The van der Waals surface area contributed by atoms with Crippen LogP contribution >= 0.6 is 11.3 Å². The number of aliphatic hydroxyl groups is 1. The maximum absolute atomic E-state index is 13.1. The first-order chi connectivity index (χ1) is 15.3. The van der Waals surface area contributed by atoms with Crippen LogP contribution in [0.5, 0.6) is 11.5 Å². The molecule has 3 aromatic rings.